The Morgan fingerprint density at radius 1 is 0.818 bits per heavy atom. The normalized spacial score (nSPS) is 17.1. The third kappa shape index (κ3) is 4.79. The molecule has 3 aliphatic rings. The van der Waals surface area contributed by atoms with Gasteiger partial charge in [0.05, 0.1) is 5.69 Å². The number of nitrogens with zero attached hydrogens (tertiary/aromatic N) is 3. The van der Waals surface area contributed by atoms with Gasteiger partial charge in [-0.25, -0.2) is 0 Å². The Morgan fingerprint density at radius 2 is 1.45 bits per heavy atom. The molecule has 0 saturated carbocycles. The summed E-state index contributed by atoms with van der Waals surface area (Å²) in [4.78, 5) is 7.35. The summed E-state index contributed by atoms with van der Waals surface area (Å²) in [5, 5.41) is 0. The average molecular weight is 556 g/mol. The van der Waals surface area contributed by atoms with Crippen molar-refractivity contribution in [1.82, 2.24) is 0 Å². The molecule has 1 fully saturated rings. The number of anilines is 3. The second-order valence-corrected chi connectivity index (χ2v) is 9.64. The van der Waals surface area contributed by atoms with E-state index in [2.05, 4.69) is 133 Å². The fourth-order valence-electron chi connectivity index (χ4n) is 5.18. The van der Waals surface area contributed by atoms with Gasteiger partial charge in [0.25, 0.3) is 0 Å². The van der Waals surface area contributed by atoms with Crippen LogP contribution >= 0.6 is 9.19 Å². The first kappa shape index (κ1) is 24.5. The fraction of sp³-hybridized carbons (Fsp3) is 0.393. The van der Waals surface area contributed by atoms with Gasteiger partial charge in [-0.15, -0.1) is 6.67 Å². The molecule has 2 aromatic rings. The van der Waals surface area contributed by atoms with Crippen LogP contribution in [0.25, 0.3) is 6.08 Å². The zero-order chi connectivity index (χ0) is 23.5. The van der Waals surface area contributed by atoms with E-state index in [1.165, 1.54) is 58.7 Å². The molecule has 5 rings (SSSR count). The summed E-state index contributed by atoms with van der Waals surface area (Å²) < 4.78 is 0. The SMILES string of the molecule is CC(C)c1cccc(C(C)C)c1N1C=C2C=Cc3cccc(N4CCCCC4)c3N2[CH-]1.[Cl][Ag]. The fourth-order valence-corrected chi connectivity index (χ4v) is 5.18. The van der Waals surface area contributed by atoms with E-state index in [0.717, 1.165) is 13.1 Å². The van der Waals surface area contributed by atoms with Crippen LogP contribution < -0.4 is 14.7 Å². The summed E-state index contributed by atoms with van der Waals surface area (Å²) in [6.07, 6.45) is 10.8. The van der Waals surface area contributed by atoms with Crippen molar-refractivity contribution in [2.45, 2.75) is 58.8 Å². The van der Waals surface area contributed by atoms with Gasteiger partial charge in [-0.1, -0.05) is 64.1 Å². The van der Waals surface area contributed by atoms with Crippen molar-refractivity contribution >= 4 is 32.3 Å². The van der Waals surface area contributed by atoms with Gasteiger partial charge in [-0.05, 0) is 66.1 Å². The average Bonchev–Trinajstić information content (AvgIpc) is 3.29. The number of piperidine rings is 1. The first-order valence-electron chi connectivity index (χ1n) is 12.0. The van der Waals surface area contributed by atoms with Crippen LogP contribution in [0.1, 0.15) is 75.5 Å². The molecule has 180 valence electrons. The van der Waals surface area contributed by atoms with E-state index in [-0.39, 0.29) is 0 Å². The molecule has 0 N–H and O–H groups in total. The number of benzene rings is 2. The zero-order valence-corrected chi connectivity index (χ0v) is 22.2. The van der Waals surface area contributed by atoms with Gasteiger partial charge in [0.2, 0.25) is 0 Å². The molecule has 0 atom stereocenters. The Bertz CT molecular complexity index is 1010. The van der Waals surface area contributed by atoms with Crippen molar-refractivity contribution < 1.29 is 20.0 Å². The van der Waals surface area contributed by atoms with E-state index in [1.54, 1.807) is 0 Å². The Morgan fingerprint density at radius 3 is 2.09 bits per heavy atom. The number of rotatable bonds is 4. The van der Waals surface area contributed by atoms with E-state index in [1.807, 2.05) is 0 Å². The van der Waals surface area contributed by atoms with Gasteiger partial charge >= 0.3 is 29.2 Å². The Balaban J connectivity index is 0.00000126. The van der Waals surface area contributed by atoms with Gasteiger partial charge < -0.3 is 14.7 Å². The molecular weight excluding hydrogens is 522 g/mol. The van der Waals surface area contributed by atoms with Crippen LogP contribution in [0.3, 0.4) is 0 Å². The first-order valence-corrected chi connectivity index (χ1v) is 13.9. The third-order valence-corrected chi connectivity index (χ3v) is 6.81. The Hall–Kier alpha value is -1.65. The molecule has 0 amide bonds. The van der Waals surface area contributed by atoms with E-state index in [9.17, 15) is 0 Å². The number of para-hydroxylation sites is 2. The van der Waals surface area contributed by atoms with Crippen molar-refractivity contribution in [3.05, 3.63) is 77.7 Å². The standard InChI is InChI=1S/C28H34N3.Ag.ClH/c1-20(2)24-11-9-12-25(21(3)4)28(24)30-18-23-15-14-22-10-8-13-26(27(22)31(23)19-30)29-16-6-5-7-17-29;;/h8-15,18-21H,5-7,16-17H2,1-4H3;;1H/q-1;+1;/p-1. The summed E-state index contributed by atoms with van der Waals surface area (Å²) in [5.41, 5.74) is 9.41. The van der Waals surface area contributed by atoms with Crippen LogP contribution in [-0.4, -0.2) is 13.1 Å². The topological polar surface area (TPSA) is 9.72 Å². The molecule has 3 heterocycles. The van der Waals surface area contributed by atoms with Crippen LogP contribution in [0.5, 0.6) is 0 Å². The molecule has 3 nitrogen and oxygen atoms in total. The minimum atomic E-state index is 0.477. The molecule has 5 heteroatoms. The molecule has 0 aliphatic carbocycles. The van der Waals surface area contributed by atoms with Gasteiger partial charge in [0.1, 0.15) is 0 Å². The number of allylic oxidation sites excluding steroid dienone is 1. The van der Waals surface area contributed by atoms with Gasteiger partial charge in [0, 0.05) is 30.2 Å². The second-order valence-electron chi connectivity index (χ2n) is 9.64. The predicted octanol–water partition coefficient (Wildman–Crippen LogP) is 7.92. The number of hydrogen-bond acceptors (Lipinski definition) is 3. The number of fused-ring (bicyclic) bond motifs is 3. The number of halogens is 1. The molecule has 0 bridgehead atoms. The van der Waals surface area contributed by atoms with E-state index < -0.39 is 0 Å². The van der Waals surface area contributed by atoms with Crippen molar-refractivity contribution in [3.8, 4) is 0 Å². The van der Waals surface area contributed by atoms with Crippen molar-refractivity contribution in [1.29, 1.82) is 0 Å². The summed E-state index contributed by atoms with van der Waals surface area (Å²) in [6.45, 7) is 13.8. The van der Waals surface area contributed by atoms with Crippen LogP contribution in [0.15, 0.2) is 54.4 Å². The van der Waals surface area contributed by atoms with E-state index in [4.69, 9.17) is 0 Å². The van der Waals surface area contributed by atoms with Crippen LogP contribution in [-0.2, 0) is 20.0 Å². The molecule has 33 heavy (non-hydrogen) atoms. The van der Waals surface area contributed by atoms with Crippen LogP contribution in [0.4, 0.5) is 17.1 Å². The molecule has 2 aromatic carbocycles. The molecule has 0 spiro atoms. The van der Waals surface area contributed by atoms with Crippen molar-refractivity contribution in [3.63, 3.8) is 0 Å². The summed E-state index contributed by atoms with van der Waals surface area (Å²) in [7, 11) is 4.45. The molecular formula is C28H34AgClN3-. The quantitative estimate of drug-likeness (QED) is 0.280. The van der Waals surface area contributed by atoms with Crippen molar-refractivity contribution in [2.24, 2.45) is 0 Å². The maximum absolute atomic E-state index is 4.45. The summed E-state index contributed by atoms with van der Waals surface area (Å²) in [6, 6.07) is 13.6. The summed E-state index contributed by atoms with van der Waals surface area (Å²) in [5.74, 6) is 0.953. The monoisotopic (exact) mass is 554 g/mol. The predicted molar refractivity (Wildman–Crippen MR) is 139 cm³/mol. The Kier molecular flexibility index (Phi) is 7.96. The minimum absolute atomic E-state index is 0.477. The third-order valence-electron chi connectivity index (χ3n) is 6.81. The van der Waals surface area contributed by atoms with E-state index >= 15 is 0 Å². The first-order chi connectivity index (χ1) is 16.0. The molecule has 0 radical (unpaired) electrons. The van der Waals surface area contributed by atoms with Crippen molar-refractivity contribution in [2.75, 3.05) is 27.8 Å². The number of hydrogen-bond donors (Lipinski definition) is 0. The molecule has 0 unspecified atom stereocenters. The Labute approximate surface area is 215 Å². The van der Waals surface area contributed by atoms with Gasteiger partial charge in [-0.3, -0.25) is 0 Å². The van der Waals surface area contributed by atoms with E-state index in [0.29, 0.717) is 11.8 Å². The molecule has 1 saturated heterocycles. The second kappa shape index (κ2) is 10.7. The molecule has 0 aromatic heterocycles. The zero-order valence-electron chi connectivity index (χ0n) is 20.0. The van der Waals surface area contributed by atoms with Crippen LogP contribution in [0.2, 0.25) is 0 Å². The molecule has 3 aliphatic heterocycles. The van der Waals surface area contributed by atoms with Crippen LogP contribution in [0, 0.1) is 6.67 Å². The van der Waals surface area contributed by atoms with Gasteiger partial charge in [0.15, 0.2) is 0 Å². The maximum atomic E-state index is 4.45. The summed E-state index contributed by atoms with van der Waals surface area (Å²) >= 11 is 2.42. The van der Waals surface area contributed by atoms with Gasteiger partial charge in [-0.2, -0.15) is 0 Å².